The zero-order chi connectivity index (χ0) is 21.3. The number of hydrogen-bond acceptors (Lipinski definition) is 3. The van der Waals surface area contributed by atoms with E-state index in [9.17, 15) is 9.18 Å². The van der Waals surface area contributed by atoms with Gasteiger partial charge in [0, 0.05) is 11.9 Å². The van der Waals surface area contributed by atoms with Crippen LogP contribution < -0.4 is 5.32 Å². The summed E-state index contributed by atoms with van der Waals surface area (Å²) >= 11 is 6.48. The lowest BCUT2D eigenvalue weighted by Crippen LogP contribution is -2.13. The average Bonchev–Trinajstić information content (AvgIpc) is 3.14. The number of fused-ring (bicyclic) bond motifs is 1. The summed E-state index contributed by atoms with van der Waals surface area (Å²) in [6.45, 7) is 4.70. The van der Waals surface area contributed by atoms with E-state index in [2.05, 4.69) is 29.1 Å². The van der Waals surface area contributed by atoms with E-state index in [1.54, 1.807) is 23.0 Å². The molecule has 0 unspecified atom stereocenters. The van der Waals surface area contributed by atoms with Crippen LogP contribution in [0, 0.1) is 5.82 Å². The largest absolute Gasteiger partial charge is 0.322 e. The minimum atomic E-state index is -0.347. The van der Waals surface area contributed by atoms with Gasteiger partial charge in [-0.2, -0.15) is 0 Å². The number of carbonyl (C=O) groups excluding carboxylic acids is 1. The molecule has 5 nitrogen and oxygen atoms in total. The van der Waals surface area contributed by atoms with Crippen LogP contribution >= 0.6 is 11.6 Å². The molecule has 0 aliphatic carbocycles. The van der Waals surface area contributed by atoms with E-state index in [1.807, 2.05) is 24.3 Å². The van der Waals surface area contributed by atoms with Crippen LogP contribution in [0.4, 0.5) is 10.1 Å². The van der Waals surface area contributed by atoms with Gasteiger partial charge in [-0.05, 0) is 41.3 Å². The Hall–Kier alpha value is -3.25. The number of rotatable bonds is 5. The van der Waals surface area contributed by atoms with E-state index in [-0.39, 0.29) is 22.3 Å². The lowest BCUT2D eigenvalue weighted by Gasteiger charge is -2.10. The van der Waals surface area contributed by atoms with Crippen LogP contribution in [0.2, 0.25) is 5.02 Å². The molecular weight excluding hydrogens is 403 g/mol. The Morgan fingerprint density at radius 1 is 1.10 bits per heavy atom. The molecular formula is C23H20ClFN4O. The van der Waals surface area contributed by atoms with Crippen LogP contribution in [0.1, 0.15) is 41.3 Å². The molecule has 0 aliphatic heterocycles. The lowest BCUT2D eigenvalue weighted by atomic mass is 10.0. The number of imidazole rings is 1. The standard InChI is InChI=1S/C23H20ClFN4O/c1-14(2)16-5-9-18(10-6-16)28-23(30)19-11-26-22-21(20(19)24)27-13-29(22)12-15-3-7-17(25)8-4-15/h3-11,13-14H,12H2,1-2H3,(H,28,30). The fourth-order valence-electron chi connectivity index (χ4n) is 3.19. The Morgan fingerprint density at radius 3 is 2.47 bits per heavy atom. The highest BCUT2D eigenvalue weighted by atomic mass is 35.5. The van der Waals surface area contributed by atoms with E-state index in [0.717, 1.165) is 5.56 Å². The van der Waals surface area contributed by atoms with E-state index in [4.69, 9.17) is 11.6 Å². The predicted molar refractivity (Wildman–Crippen MR) is 117 cm³/mol. The SMILES string of the molecule is CC(C)c1ccc(NC(=O)c2cnc3c(ncn3Cc3ccc(F)cc3)c2Cl)cc1. The highest BCUT2D eigenvalue weighted by molar-refractivity contribution is 6.38. The third kappa shape index (κ3) is 4.04. The van der Waals surface area contributed by atoms with Crippen LogP contribution in [-0.2, 0) is 6.54 Å². The van der Waals surface area contributed by atoms with Crippen molar-refractivity contribution in [3.05, 3.63) is 88.6 Å². The molecule has 4 rings (SSSR count). The molecule has 0 aliphatic rings. The van der Waals surface area contributed by atoms with Gasteiger partial charge in [0.1, 0.15) is 11.3 Å². The van der Waals surface area contributed by atoms with Gasteiger partial charge < -0.3 is 9.88 Å². The van der Waals surface area contributed by atoms with E-state index < -0.39 is 0 Å². The first-order valence-electron chi connectivity index (χ1n) is 9.57. The van der Waals surface area contributed by atoms with Gasteiger partial charge in [0.15, 0.2) is 5.65 Å². The van der Waals surface area contributed by atoms with Crippen LogP contribution in [-0.4, -0.2) is 20.4 Å². The fraction of sp³-hybridized carbons (Fsp3) is 0.174. The third-order valence-corrected chi connectivity index (χ3v) is 5.30. The maximum atomic E-state index is 13.1. The number of halogens is 2. The summed E-state index contributed by atoms with van der Waals surface area (Å²) in [5, 5.41) is 3.09. The first-order valence-corrected chi connectivity index (χ1v) is 9.95. The van der Waals surface area contributed by atoms with Gasteiger partial charge in [-0.1, -0.05) is 49.7 Å². The number of nitrogens with one attached hydrogen (secondary N) is 1. The summed E-state index contributed by atoms with van der Waals surface area (Å²) in [7, 11) is 0. The van der Waals surface area contributed by atoms with Gasteiger partial charge in [0.05, 0.1) is 23.5 Å². The monoisotopic (exact) mass is 422 g/mol. The normalized spacial score (nSPS) is 11.2. The molecule has 0 saturated heterocycles. The molecule has 2 heterocycles. The zero-order valence-electron chi connectivity index (χ0n) is 16.6. The molecule has 4 aromatic rings. The van der Waals surface area contributed by atoms with Gasteiger partial charge in [0.25, 0.3) is 5.91 Å². The van der Waals surface area contributed by atoms with Crippen molar-refractivity contribution in [1.29, 1.82) is 0 Å². The van der Waals surface area contributed by atoms with Gasteiger partial charge in [0.2, 0.25) is 0 Å². The Balaban J connectivity index is 1.57. The molecule has 7 heteroatoms. The summed E-state index contributed by atoms with van der Waals surface area (Å²) in [5.74, 6) is -0.217. The van der Waals surface area contributed by atoms with E-state index >= 15 is 0 Å². The Morgan fingerprint density at radius 2 is 1.80 bits per heavy atom. The summed E-state index contributed by atoms with van der Waals surface area (Å²) in [5.41, 5.74) is 4.04. The Labute approximate surface area is 178 Å². The first-order chi connectivity index (χ1) is 14.4. The molecule has 0 radical (unpaired) electrons. The molecule has 0 atom stereocenters. The average molecular weight is 423 g/mol. The third-order valence-electron chi connectivity index (χ3n) is 4.92. The second kappa shape index (κ2) is 8.24. The van der Waals surface area contributed by atoms with Gasteiger partial charge in [-0.25, -0.2) is 14.4 Å². The molecule has 0 bridgehead atoms. The number of benzene rings is 2. The number of pyridine rings is 1. The summed E-state index contributed by atoms with van der Waals surface area (Å²) in [6, 6.07) is 13.9. The quantitative estimate of drug-likeness (QED) is 0.452. The van der Waals surface area contributed by atoms with Gasteiger partial charge >= 0.3 is 0 Å². The minimum absolute atomic E-state index is 0.245. The molecule has 0 fully saturated rings. The van der Waals surface area contributed by atoms with Crippen LogP contribution in [0.5, 0.6) is 0 Å². The number of anilines is 1. The topological polar surface area (TPSA) is 59.8 Å². The predicted octanol–water partition coefficient (Wildman–Crippen LogP) is 5.65. The van der Waals surface area contributed by atoms with Crippen LogP contribution in [0.15, 0.2) is 61.1 Å². The van der Waals surface area contributed by atoms with E-state index in [1.165, 1.54) is 23.9 Å². The van der Waals surface area contributed by atoms with Crippen molar-refractivity contribution in [2.24, 2.45) is 0 Å². The maximum Gasteiger partial charge on any atom is 0.258 e. The van der Waals surface area contributed by atoms with Crippen molar-refractivity contribution in [1.82, 2.24) is 14.5 Å². The summed E-state index contributed by atoms with van der Waals surface area (Å²) in [4.78, 5) is 21.4. The highest BCUT2D eigenvalue weighted by Gasteiger charge is 2.18. The van der Waals surface area contributed by atoms with Crippen molar-refractivity contribution in [3.63, 3.8) is 0 Å². The van der Waals surface area contributed by atoms with Crippen LogP contribution in [0.25, 0.3) is 11.2 Å². The molecule has 0 spiro atoms. The highest BCUT2D eigenvalue weighted by Crippen LogP contribution is 2.26. The zero-order valence-corrected chi connectivity index (χ0v) is 17.3. The number of hydrogen-bond donors (Lipinski definition) is 1. The van der Waals surface area contributed by atoms with Crippen molar-refractivity contribution in [2.45, 2.75) is 26.3 Å². The molecule has 30 heavy (non-hydrogen) atoms. The number of amides is 1. The van der Waals surface area contributed by atoms with Gasteiger partial charge in [-0.15, -0.1) is 0 Å². The Kier molecular flexibility index (Phi) is 5.50. The molecule has 1 amide bonds. The molecule has 152 valence electrons. The molecule has 0 saturated carbocycles. The van der Waals surface area contributed by atoms with Crippen molar-refractivity contribution < 1.29 is 9.18 Å². The molecule has 2 aromatic heterocycles. The summed E-state index contributed by atoms with van der Waals surface area (Å²) in [6.07, 6.45) is 3.06. The molecule has 1 N–H and O–H groups in total. The second-order valence-corrected chi connectivity index (χ2v) is 7.77. The first kappa shape index (κ1) is 20.0. The second-order valence-electron chi connectivity index (χ2n) is 7.39. The maximum absolute atomic E-state index is 13.1. The van der Waals surface area contributed by atoms with E-state index in [0.29, 0.717) is 29.3 Å². The number of nitrogens with zero attached hydrogens (tertiary/aromatic N) is 3. The Bertz CT molecular complexity index is 1200. The van der Waals surface area contributed by atoms with Gasteiger partial charge in [-0.3, -0.25) is 4.79 Å². The number of aromatic nitrogens is 3. The van der Waals surface area contributed by atoms with Crippen molar-refractivity contribution in [3.8, 4) is 0 Å². The van der Waals surface area contributed by atoms with Crippen molar-refractivity contribution >= 4 is 34.4 Å². The summed E-state index contributed by atoms with van der Waals surface area (Å²) < 4.78 is 14.9. The minimum Gasteiger partial charge on any atom is -0.322 e. The fourth-order valence-corrected chi connectivity index (χ4v) is 3.45. The molecule has 2 aromatic carbocycles. The lowest BCUT2D eigenvalue weighted by molar-refractivity contribution is 0.102. The van der Waals surface area contributed by atoms with Crippen LogP contribution in [0.3, 0.4) is 0 Å². The van der Waals surface area contributed by atoms with Crippen molar-refractivity contribution in [2.75, 3.05) is 5.32 Å². The smallest absolute Gasteiger partial charge is 0.258 e. The number of carbonyl (C=O) groups is 1.